The van der Waals surface area contributed by atoms with Gasteiger partial charge in [0, 0.05) is 11.3 Å². The van der Waals surface area contributed by atoms with Crippen LogP contribution in [0.3, 0.4) is 0 Å². The first-order valence-corrected chi connectivity index (χ1v) is 7.50. The minimum Gasteiger partial charge on any atom is -0.477 e. The van der Waals surface area contributed by atoms with Crippen LogP contribution in [-0.2, 0) is 11.2 Å². The average Bonchev–Trinajstić information content (AvgIpc) is 3.00. The van der Waals surface area contributed by atoms with Crippen LogP contribution in [0.5, 0.6) is 0 Å². The first-order chi connectivity index (χ1) is 9.15. The van der Waals surface area contributed by atoms with Gasteiger partial charge in [0.05, 0.1) is 5.00 Å². The molecule has 6 heteroatoms. The summed E-state index contributed by atoms with van der Waals surface area (Å²) in [6, 6.07) is 7.17. The van der Waals surface area contributed by atoms with Gasteiger partial charge in [-0.25, -0.2) is 4.79 Å². The van der Waals surface area contributed by atoms with Crippen LogP contribution in [0.25, 0.3) is 0 Å². The SMILES string of the molecule is O=C(CCCc1cccs1)Nc1ccc(C(=O)O)s1. The summed E-state index contributed by atoms with van der Waals surface area (Å²) in [5.74, 6) is -1.04. The second-order valence-electron chi connectivity index (χ2n) is 3.95. The molecule has 0 saturated heterocycles. The third kappa shape index (κ3) is 4.18. The molecule has 2 heterocycles. The number of thiophene rings is 2. The number of amides is 1. The summed E-state index contributed by atoms with van der Waals surface area (Å²) in [7, 11) is 0. The van der Waals surface area contributed by atoms with E-state index in [4.69, 9.17) is 5.11 Å². The third-order valence-electron chi connectivity index (χ3n) is 2.49. The van der Waals surface area contributed by atoms with E-state index in [1.54, 1.807) is 17.4 Å². The summed E-state index contributed by atoms with van der Waals surface area (Å²) in [4.78, 5) is 23.9. The number of hydrogen-bond acceptors (Lipinski definition) is 4. The molecule has 0 fully saturated rings. The van der Waals surface area contributed by atoms with Crippen LogP contribution in [0.2, 0.25) is 0 Å². The second kappa shape index (κ2) is 6.49. The van der Waals surface area contributed by atoms with Crippen LogP contribution in [0.4, 0.5) is 5.00 Å². The molecule has 2 rings (SSSR count). The zero-order valence-electron chi connectivity index (χ0n) is 10.1. The molecule has 100 valence electrons. The monoisotopic (exact) mass is 295 g/mol. The standard InChI is InChI=1S/C13H13NO3S2/c15-11(5-1-3-9-4-2-8-18-9)14-12-7-6-10(19-12)13(16)17/h2,4,6-8H,1,3,5H2,(H,14,15)(H,16,17). The van der Waals surface area contributed by atoms with E-state index < -0.39 is 5.97 Å². The van der Waals surface area contributed by atoms with Crippen LogP contribution in [0.15, 0.2) is 29.6 Å². The molecule has 0 unspecified atom stereocenters. The molecule has 2 aromatic heterocycles. The normalized spacial score (nSPS) is 10.3. The molecular weight excluding hydrogens is 282 g/mol. The zero-order chi connectivity index (χ0) is 13.7. The highest BCUT2D eigenvalue weighted by molar-refractivity contribution is 7.18. The van der Waals surface area contributed by atoms with Crippen LogP contribution in [0.1, 0.15) is 27.4 Å². The van der Waals surface area contributed by atoms with Gasteiger partial charge in [-0.05, 0) is 36.4 Å². The Kier molecular flexibility index (Phi) is 4.70. The summed E-state index contributed by atoms with van der Waals surface area (Å²) < 4.78 is 0. The van der Waals surface area contributed by atoms with Gasteiger partial charge in [0.1, 0.15) is 4.88 Å². The highest BCUT2D eigenvalue weighted by Gasteiger charge is 2.09. The Morgan fingerprint density at radius 1 is 1.26 bits per heavy atom. The van der Waals surface area contributed by atoms with E-state index in [1.165, 1.54) is 10.9 Å². The molecule has 0 aliphatic heterocycles. The molecule has 0 atom stereocenters. The first kappa shape index (κ1) is 13.8. The van der Waals surface area contributed by atoms with Crippen LogP contribution in [0, 0.1) is 0 Å². The molecule has 4 nitrogen and oxygen atoms in total. The molecule has 0 bridgehead atoms. The van der Waals surface area contributed by atoms with E-state index in [0.29, 0.717) is 11.4 Å². The molecule has 0 radical (unpaired) electrons. The Labute approximate surface area is 118 Å². The van der Waals surface area contributed by atoms with Crippen molar-refractivity contribution in [3.63, 3.8) is 0 Å². The summed E-state index contributed by atoms with van der Waals surface area (Å²) >= 11 is 2.76. The molecule has 0 aliphatic carbocycles. The van der Waals surface area contributed by atoms with E-state index in [2.05, 4.69) is 11.4 Å². The molecular formula is C13H13NO3S2. The molecule has 0 saturated carbocycles. The number of carboxylic acids is 1. The van der Waals surface area contributed by atoms with Crippen molar-refractivity contribution in [2.45, 2.75) is 19.3 Å². The predicted octanol–water partition coefficient (Wildman–Crippen LogP) is 3.47. The largest absolute Gasteiger partial charge is 0.477 e. The number of aryl methyl sites for hydroxylation is 1. The minimum absolute atomic E-state index is 0.0738. The topological polar surface area (TPSA) is 66.4 Å². The number of hydrogen-bond donors (Lipinski definition) is 2. The lowest BCUT2D eigenvalue weighted by Gasteiger charge is -2.01. The van der Waals surface area contributed by atoms with Gasteiger partial charge in [0.2, 0.25) is 5.91 Å². The number of carboxylic acid groups (broad SMARTS) is 1. The fourth-order valence-electron chi connectivity index (χ4n) is 1.60. The maximum Gasteiger partial charge on any atom is 0.345 e. The molecule has 2 aromatic rings. The molecule has 0 spiro atoms. The summed E-state index contributed by atoms with van der Waals surface area (Å²) in [5.41, 5.74) is 0. The number of aromatic carboxylic acids is 1. The van der Waals surface area contributed by atoms with Crippen molar-refractivity contribution in [2.75, 3.05) is 5.32 Å². The summed E-state index contributed by atoms with van der Waals surface area (Å²) in [6.45, 7) is 0. The van der Waals surface area contributed by atoms with Crippen molar-refractivity contribution in [3.05, 3.63) is 39.4 Å². The highest BCUT2D eigenvalue weighted by atomic mass is 32.1. The van der Waals surface area contributed by atoms with Gasteiger partial charge in [0.25, 0.3) is 0 Å². The number of carbonyl (C=O) groups excluding carboxylic acids is 1. The molecule has 2 N–H and O–H groups in total. The van der Waals surface area contributed by atoms with Crippen LogP contribution in [-0.4, -0.2) is 17.0 Å². The fourth-order valence-corrected chi connectivity index (χ4v) is 3.11. The lowest BCUT2D eigenvalue weighted by Crippen LogP contribution is -2.10. The van der Waals surface area contributed by atoms with E-state index >= 15 is 0 Å². The van der Waals surface area contributed by atoms with Gasteiger partial charge in [-0.2, -0.15) is 0 Å². The van der Waals surface area contributed by atoms with Crippen molar-refractivity contribution in [2.24, 2.45) is 0 Å². The van der Waals surface area contributed by atoms with E-state index in [0.717, 1.165) is 24.2 Å². The molecule has 19 heavy (non-hydrogen) atoms. The first-order valence-electron chi connectivity index (χ1n) is 5.80. The number of carbonyl (C=O) groups is 2. The Bertz CT molecular complexity index is 560. The van der Waals surface area contributed by atoms with Crippen LogP contribution >= 0.6 is 22.7 Å². The minimum atomic E-state index is -0.969. The van der Waals surface area contributed by atoms with E-state index in [1.807, 2.05) is 11.4 Å². The Morgan fingerprint density at radius 2 is 2.11 bits per heavy atom. The lowest BCUT2D eigenvalue weighted by atomic mass is 10.2. The smallest absolute Gasteiger partial charge is 0.345 e. The number of anilines is 1. The van der Waals surface area contributed by atoms with Crippen molar-refractivity contribution in [1.82, 2.24) is 0 Å². The molecule has 1 amide bonds. The maximum absolute atomic E-state index is 11.7. The van der Waals surface area contributed by atoms with Crippen molar-refractivity contribution >= 4 is 39.6 Å². The summed E-state index contributed by atoms with van der Waals surface area (Å²) in [6.07, 6.45) is 2.14. The Morgan fingerprint density at radius 3 is 2.74 bits per heavy atom. The fraction of sp³-hybridized carbons (Fsp3) is 0.231. The van der Waals surface area contributed by atoms with Gasteiger partial charge < -0.3 is 10.4 Å². The molecule has 0 aliphatic rings. The van der Waals surface area contributed by atoms with Gasteiger partial charge in [-0.15, -0.1) is 22.7 Å². The quantitative estimate of drug-likeness (QED) is 0.857. The average molecular weight is 295 g/mol. The van der Waals surface area contributed by atoms with Crippen molar-refractivity contribution < 1.29 is 14.7 Å². The highest BCUT2D eigenvalue weighted by Crippen LogP contribution is 2.22. The zero-order valence-corrected chi connectivity index (χ0v) is 11.7. The van der Waals surface area contributed by atoms with E-state index in [-0.39, 0.29) is 10.8 Å². The lowest BCUT2D eigenvalue weighted by molar-refractivity contribution is -0.116. The maximum atomic E-state index is 11.7. The Hall–Kier alpha value is -1.66. The second-order valence-corrected chi connectivity index (χ2v) is 6.07. The third-order valence-corrected chi connectivity index (χ3v) is 4.41. The van der Waals surface area contributed by atoms with E-state index in [9.17, 15) is 9.59 Å². The number of nitrogens with one attached hydrogen (secondary N) is 1. The van der Waals surface area contributed by atoms with Gasteiger partial charge >= 0.3 is 5.97 Å². The van der Waals surface area contributed by atoms with Gasteiger partial charge in [0.15, 0.2) is 0 Å². The van der Waals surface area contributed by atoms with Gasteiger partial charge in [-0.3, -0.25) is 4.79 Å². The Balaban J connectivity index is 1.75. The van der Waals surface area contributed by atoms with Crippen molar-refractivity contribution in [1.29, 1.82) is 0 Å². The molecule has 0 aromatic carbocycles. The van der Waals surface area contributed by atoms with Crippen molar-refractivity contribution in [3.8, 4) is 0 Å². The summed E-state index contributed by atoms with van der Waals surface area (Å²) in [5, 5.41) is 14.1. The predicted molar refractivity (Wildman–Crippen MR) is 77.2 cm³/mol. The van der Waals surface area contributed by atoms with Gasteiger partial charge in [-0.1, -0.05) is 6.07 Å². The number of rotatable bonds is 6. The van der Waals surface area contributed by atoms with Crippen LogP contribution < -0.4 is 5.32 Å².